The molecule has 0 radical (unpaired) electrons. The van der Waals surface area contributed by atoms with Crippen LogP contribution in [-0.4, -0.2) is 37.8 Å². The molecular weight excluding hydrogens is 270 g/mol. The second-order valence-corrected chi connectivity index (χ2v) is 4.49. The molecule has 0 saturated carbocycles. The Bertz CT molecular complexity index is 721. The molecule has 0 aliphatic carbocycles. The van der Waals surface area contributed by atoms with Crippen LogP contribution in [0.1, 0.15) is 16.3 Å². The lowest BCUT2D eigenvalue weighted by Gasteiger charge is -2.12. The van der Waals surface area contributed by atoms with Crippen LogP contribution >= 0.6 is 0 Å². The van der Waals surface area contributed by atoms with Crippen molar-refractivity contribution in [3.05, 3.63) is 60.5 Å². The molecule has 0 spiro atoms. The van der Waals surface area contributed by atoms with Crippen LogP contribution in [-0.2, 0) is 6.54 Å². The summed E-state index contributed by atoms with van der Waals surface area (Å²) in [6, 6.07) is 11.3. The molecule has 0 aliphatic heterocycles. The van der Waals surface area contributed by atoms with Gasteiger partial charge in [-0.2, -0.15) is 10.1 Å². The van der Waals surface area contributed by atoms with Crippen molar-refractivity contribution < 1.29 is 9.32 Å². The average Bonchev–Trinajstić information content (AvgIpc) is 3.18. The van der Waals surface area contributed by atoms with E-state index in [0.717, 1.165) is 5.69 Å². The first kappa shape index (κ1) is 13.0. The highest BCUT2D eigenvalue weighted by molar-refractivity contribution is 5.92. The second-order valence-electron chi connectivity index (χ2n) is 4.49. The van der Waals surface area contributed by atoms with E-state index in [1.54, 1.807) is 24.0 Å². The molecule has 0 bridgehead atoms. The number of carbonyl (C=O) groups excluding carboxylic acids is 1. The number of carbonyl (C=O) groups is 1. The maximum absolute atomic E-state index is 12.3. The molecule has 2 aromatic heterocycles. The summed E-state index contributed by atoms with van der Waals surface area (Å²) in [7, 11) is 1.67. The first-order chi connectivity index (χ1) is 10.2. The van der Waals surface area contributed by atoms with Gasteiger partial charge >= 0.3 is 0 Å². The summed E-state index contributed by atoms with van der Waals surface area (Å²) in [6.45, 7) is 0.271. The quantitative estimate of drug-likeness (QED) is 0.725. The number of aromatic nitrogens is 4. The number of nitrogens with zero attached hydrogens (tertiary/aromatic N) is 5. The smallest absolute Gasteiger partial charge is 0.274 e. The van der Waals surface area contributed by atoms with Gasteiger partial charge in [0.1, 0.15) is 0 Å². The molecule has 2 heterocycles. The van der Waals surface area contributed by atoms with Crippen molar-refractivity contribution in [3.8, 4) is 5.69 Å². The lowest BCUT2D eigenvalue weighted by atomic mass is 10.3. The standard InChI is InChI=1S/C14H13N5O2/c1-18(9-13-15-10-21-17-13)14(20)12-7-8-19(16-12)11-5-3-2-4-6-11/h2-8,10H,9H2,1H3. The third-order valence-corrected chi connectivity index (χ3v) is 2.96. The number of hydrogen-bond acceptors (Lipinski definition) is 5. The van der Waals surface area contributed by atoms with Gasteiger partial charge in [-0.25, -0.2) is 4.68 Å². The van der Waals surface area contributed by atoms with Crippen LogP contribution in [0.4, 0.5) is 0 Å². The minimum absolute atomic E-state index is 0.200. The van der Waals surface area contributed by atoms with Gasteiger partial charge < -0.3 is 9.42 Å². The van der Waals surface area contributed by atoms with Crippen molar-refractivity contribution >= 4 is 5.91 Å². The van der Waals surface area contributed by atoms with Crippen molar-refractivity contribution in [3.63, 3.8) is 0 Å². The van der Waals surface area contributed by atoms with E-state index in [1.807, 2.05) is 30.3 Å². The van der Waals surface area contributed by atoms with Gasteiger partial charge in [-0.15, -0.1) is 0 Å². The van der Waals surface area contributed by atoms with E-state index in [0.29, 0.717) is 11.5 Å². The maximum Gasteiger partial charge on any atom is 0.274 e. The Morgan fingerprint density at radius 1 is 1.29 bits per heavy atom. The molecular formula is C14H13N5O2. The summed E-state index contributed by atoms with van der Waals surface area (Å²) in [5, 5.41) is 7.97. The van der Waals surface area contributed by atoms with Gasteiger partial charge in [-0.05, 0) is 18.2 Å². The largest absolute Gasteiger partial charge is 0.343 e. The Morgan fingerprint density at radius 2 is 2.10 bits per heavy atom. The fourth-order valence-corrected chi connectivity index (χ4v) is 1.90. The monoisotopic (exact) mass is 283 g/mol. The normalized spacial score (nSPS) is 10.5. The van der Waals surface area contributed by atoms with Gasteiger partial charge in [-0.1, -0.05) is 23.4 Å². The molecule has 7 heteroatoms. The lowest BCUT2D eigenvalue weighted by Crippen LogP contribution is -2.27. The number of benzene rings is 1. The summed E-state index contributed by atoms with van der Waals surface area (Å²) in [5.41, 5.74) is 1.27. The zero-order valence-corrected chi connectivity index (χ0v) is 11.4. The first-order valence-electron chi connectivity index (χ1n) is 6.36. The highest BCUT2D eigenvalue weighted by Gasteiger charge is 2.16. The van der Waals surface area contributed by atoms with Crippen molar-refractivity contribution in [2.24, 2.45) is 0 Å². The molecule has 106 valence electrons. The molecule has 0 atom stereocenters. The Labute approximate surface area is 120 Å². The van der Waals surface area contributed by atoms with E-state index in [4.69, 9.17) is 0 Å². The SMILES string of the molecule is CN(Cc1ncon1)C(=O)c1ccn(-c2ccccc2)n1. The molecule has 0 saturated heterocycles. The topological polar surface area (TPSA) is 77.0 Å². The van der Waals surface area contributed by atoms with Gasteiger partial charge in [-0.3, -0.25) is 4.79 Å². The highest BCUT2D eigenvalue weighted by atomic mass is 16.5. The molecule has 0 N–H and O–H groups in total. The minimum atomic E-state index is -0.200. The van der Waals surface area contributed by atoms with Gasteiger partial charge in [0.15, 0.2) is 11.5 Å². The predicted molar refractivity (Wildman–Crippen MR) is 73.7 cm³/mol. The molecule has 21 heavy (non-hydrogen) atoms. The third-order valence-electron chi connectivity index (χ3n) is 2.96. The van der Waals surface area contributed by atoms with Crippen LogP contribution in [0.5, 0.6) is 0 Å². The molecule has 0 aliphatic rings. The lowest BCUT2D eigenvalue weighted by molar-refractivity contribution is 0.0774. The molecule has 3 aromatic rings. The summed E-state index contributed by atoms with van der Waals surface area (Å²) in [5.74, 6) is 0.253. The number of hydrogen-bond donors (Lipinski definition) is 0. The van der Waals surface area contributed by atoms with E-state index in [1.165, 1.54) is 11.3 Å². The number of para-hydroxylation sites is 1. The Kier molecular flexibility index (Phi) is 3.46. The maximum atomic E-state index is 12.3. The molecule has 1 amide bonds. The van der Waals surface area contributed by atoms with E-state index in [9.17, 15) is 4.79 Å². The van der Waals surface area contributed by atoms with E-state index in [2.05, 4.69) is 19.8 Å². The van der Waals surface area contributed by atoms with Crippen molar-refractivity contribution in [1.29, 1.82) is 0 Å². The second kappa shape index (κ2) is 5.58. The zero-order valence-electron chi connectivity index (χ0n) is 11.4. The van der Waals surface area contributed by atoms with Gasteiger partial charge in [0, 0.05) is 13.2 Å². The summed E-state index contributed by atoms with van der Waals surface area (Å²) >= 11 is 0. The summed E-state index contributed by atoms with van der Waals surface area (Å²) in [4.78, 5) is 17.7. The Morgan fingerprint density at radius 3 is 2.81 bits per heavy atom. The Balaban J connectivity index is 1.75. The van der Waals surface area contributed by atoms with E-state index >= 15 is 0 Å². The van der Waals surface area contributed by atoms with Crippen LogP contribution in [0.25, 0.3) is 5.69 Å². The zero-order chi connectivity index (χ0) is 14.7. The van der Waals surface area contributed by atoms with Crippen molar-refractivity contribution in [2.75, 3.05) is 7.05 Å². The molecule has 7 nitrogen and oxygen atoms in total. The predicted octanol–water partition coefficient (Wildman–Crippen LogP) is 1.53. The van der Waals surface area contributed by atoms with Crippen LogP contribution in [0.3, 0.4) is 0 Å². The van der Waals surface area contributed by atoms with Crippen molar-refractivity contribution in [1.82, 2.24) is 24.8 Å². The third kappa shape index (κ3) is 2.81. The molecule has 1 aromatic carbocycles. The first-order valence-corrected chi connectivity index (χ1v) is 6.36. The Hall–Kier alpha value is -2.96. The van der Waals surface area contributed by atoms with E-state index < -0.39 is 0 Å². The molecule has 0 fully saturated rings. The fraction of sp³-hybridized carbons (Fsp3) is 0.143. The van der Waals surface area contributed by atoms with Crippen LogP contribution in [0, 0.1) is 0 Å². The van der Waals surface area contributed by atoms with Crippen LogP contribution < -0.4 is 0 Å². The number of rotatable bonds is 4. The van der Waals surface area contributed by atoms with Gasteiger partial charge in [0.05, 0.1) is 12.2 Å². The summed E-state index contributed by atoms with van der Waals surface area (Å²) < 4.78 is 6.31. The minimum Gasteiger partial charge on any atom is -0.343 e. The van der Waals surface area contributed by atoms with Gasteiger partial charge in [0.2, 0.25) is 6.39 Å². The number of amides is 1. The molecule has 0 unspecified atom stereocenters. The van der Waals surface area contributed by atoms with Crippen LogP contribution in [0.15, 0.2) is 53.5 Å². The van der Waals surface area contributed by atoms with Crippen LogP contribution in [0.2, 0.25) is 0 Å². The van der Waals surface area contributed by atoms with Crippen molar-refractivity contribution in [2.45, 2.75) is 6.54 Å². The summed E-state index contributed by atoms with van der Waals surface area (Å²) in [6.07, 6.45) is 2.99. The average molecular weight is 283 g/mol. The highest BCUT2D eigenvalue weighted by Crippen LogP contribution is 2.09. The van der Waals surface area contributed by atoms with E-state index in [-0.39, 0.29) is 12.5 Å². The van der Waals surface area contributed by atoms with Gasteiger partial charge in [0.25, 0.3) is 5.91 Å². The molecule has 3 rings (SSSR count). The fourth-order valence-electron chi connectivity index (χ4n) is 1.90.